The average molecular weight is 481 g/mol. The number of amidine groups is 1. The summed E-state index contributed by atoms with van der Waals surface area (Å²) in [6.45, 7) is 6.71. The fraction of sp³-hybridized carbons (Fsp3) is 0.308. The standard InChI is InChI=1S/C26H28N2O5S/c1-5-31-25(29)23-18(3)27-26-28(12-15-34-26)24(23)19-10-11-21(22(16-19)30-4)33-14-13-32-20-9-7-6-8-17(20)2/h6-12,15-16,24H,5,13-14H2,1-4H3/t24-/m1/s1. The molecule has 2 aliphatic heterocycles. The Bertz CT molecular complexity index is 1160. The molecule has 34 heavy (non-hydrogen) atoms. The Morgan fingerprint density at radius 3 is 2.56 bits per heavy atom. The highest BCUT2D eigenvalue weighted by molar-refractivity contribution is 8.16. The minimum Gasteiger partial charge on any atom is -0.493 e. The van der Waals surface area contributed by atoms with Crippen molar-refractivity contribution < 1.29 is 23.7 Å². The summed E-state index contributed by atoms with van der Waals surface area (Å²) in [7, 11) is 1.60. The summed E-state index contributed by atoms with van der Waals surface area (Å²) < 4.78 is 22.7. The van der Waals surface area contributed by atoms with Crippen LogP contribution < -0.4 is 14.2 Å². The molecule has 0 N–H and O–H groups in total. The van der Waals surface area contributed by atoms with Crippen LogP contribution in [0.15, 0.2) is 70.3 Å². The van der Waals surface area contributed by atoms with Gasteiger partial charge >= 0.3 is 5.97 Å². The van der Waals surface area contributed by atoms with Crippen molar-refractivity contribution in [1.29, 1.82) is 0 Å². The molecule has 0 saturated carbocycles. The molecular weight excluding hydrogens is 452 g/mol. The molecule has 0 amide bonds. The Balaban J connectivity index is 1.53. The number of hydrogen-bond acceptors (Lipinski definition) is 8. The van der Waals surface area contributed by atoms with Crippen molar-refractivity contribution in [2.24, 2.45) is 4.99 Å². The summed E-state index contributed by atoms with van der Waals surface area (Å²) in [6.07, 6.45) is 1.93. The number of ether oxygens (including phenoxy) is 4. The molecule has 1 atom stereocenters. The van der Waals surface area contributed by atoms with Gasteiger partial charge in [0.1, 0.15) is 19.0 Å². The predicted molar refractivity (Wildman–Crippen MR) is 133 cm³/mol. The molecule has 0 aromatic heterocycles. The SMILES string of the molecule is CCOC(=O)C1=C(C)N=C2SC=CN2[C@@H]1c1ccc(OCCOc2ccccc2C)c(OC)c1. The van der Waals surface area contributed by atoms with E-state index in [4.69, 9.17) is 18.9 Å². The number of carbonyl (C=O) groups is 1. The fourth-order valence-corrected chi connectivity index (χ4v) is 4.68. The summed E-state index contributed by atoms with van der Waals surface area (Å²) in [5.74, 6) is 1.65. The Morgan fingerprint density at radius 1 is 1.06 bits per heavy atom. The van der Waals surface area contributed by atoms with E-state index in [1.54, 1.807) is 14.0 Å². The van der Waals surface area contributed by atoms with E-state index in [2.05, 4.69) is 4.99 Å². The number of thioether (sulfide) groups is 1. The molecule has 0 radical (unpaired) electrons. The van der Waals surface area contributed by atoms with E-state index in [0.29, 0.717) is 42.6 Å². The largest absolute Gasteiger partial charge is 0.493 e. The average Bonchev–Trinajstić information content (AvgIpc) is 3.30. The second-order valence-corrected chi connectivity index (χ2v) is 8.57. The molecule has 0 fully saturated rings. The van der Waals surface area contributed by atoms with E-state index in [0.717, 1.165) is 22.0 Å². The minimum atomic E-state index is -0.370. The Labute approximate surface area is 204 Å². The number of methoxy groups -OCH3 is 1. The molecule has 4 rings (SSSR count). The van der Waals surface area contributed by atoms with Crippen molar-refractivity contribution in [1.82, 2.24) is 4.90 Å². The molecule has 2 heterocycles. The number of hydrogen-bond donors (Lipinski definition) is 0. The van der Waals surface area contributed by atoms with Gasteiger partial charge in [-0.1, -0.05) is 36.0 Å². The number of esters is 1. The molecule has 178 valence electrons. The number of rotatable bonds is 9. The van der Waals surface area contributed by atoms with Gasteiger partial charge in [0.15, 0.2) is 16.7 Å². The third-order valence-corrected chi connectivity index (χ3v) is 6.28. The smallest absolute Gasteiger partial charge is 0.338 e. The van der Waals surface area contributed by atoms with Crippen molar-refractivity contribution in [3.63, 3.8) is 0 Å². The summed E-state index contributed by atoms with van der Waals surface area (Å²) in [5.41, 5.74) is 3.12. The lowest BCUT2D eigenvalue weighted by Gasteiger charge is -2.33. The highest BCUT2D eigenvalue weighted by Gasteiger charge is 2.37. The van der Waals surface area contributed by atoms with Crippen LogP contribution in [0.4, 0.5) is 0 Å². The van der Waals surface area contributed by atoms with E-state index in [1.165, 1.54) is 11.8 Å². The maximum atomic E-state index is 12.8. The summed E-state index contributed by atoms with van der Waals surface area (Å²) in [4.78, 5) is 19.4. The number of aliphatic imine (C=N–C) groups is 1. The van der Waals surface area contributed by atoms with Gasteiger partial charge in [0.25, 0.3) is 0 Å². The number of benzene rings is 2. The maximum absolute atomic E-state index is 12.8. The molecule has 2 aromatic carbocycles. The lowest BCUT2D eigenvalue weighted by Crippen LogP contribution is -2.34. The second-order valence-electron chi connectivity index (χ2n) is 7.70. The van der Waals surface area contributed by atoms with Crippen LogP contribution in [-0.4, -0.2) is 43.0 Å². The van der Waals surface area contributed by atoms with E-state index < -0.39 is 0 Å². The first kappa shape index (κ1) is 23.8. The highest BCUT2D eigenvalue weighted by Crippen LogP contribution is 2.43. The quantitative estimate of drug-likeness (QED) is 0.360. The van der Waals surface area contributed by atoms with E-state index in [9.17, 15) is 4.79 Å². The Morgan fingerprint density at radius 2 is 1.82 bits per heavy atom. The number of para-hydroxylation sites is 1. The summed E-state index contributed by atoms with van der Waals surface area (Å²) in [6, 6.07) is 13.2. The van der Waals surface area contributed by atoms with E-state index in [-0.39, 0.29) is 12.0 Å². The Kier molecular flexibility index (Phi) is 7.47. The molecule has 8 heteroatoms. The van der Waals surface area contributed by atoms with Gasteiger partial charge in [0.05, 0.1) is 31.0 Å². The van der Waals surface area contributed by atoms with Gasteiger partial charge in [0, 0.05) is 6.20 Å². The normalized spacial score (nSPS) is 16.8. The number of nitrogens with zero attached hydrogens (tertiary/aromatic N) is 2. The monoisotopic (exact) mass is 480 g/mol. The number of fused-ring (bicyclic) bond motifs is 1. The second kappa shape index (κ2) is 10.7. The summed E-state index contributed by atoms with van der Waals surface area (Å²) >= 11 is 1.52. The maximum Gasteiger partial charge on any atom is 0.338 e. The first-order valence-electron chi connectivity index (χ1n) is 11.1. The third-order valence-electron chi connectivity index (χ3n) is 5.51. The van der Waals surface area contributed by atoms with Crippen LogP contribution >= 0.6 is 11.8 Å². The van der Waals surface area contributed by atoms with Crippen LogP contribution in [0.5, 0.6) is 17.2 Å². The van der Waals surface area contributed by atoms with Crippen LogP contribution in [0.3, 0.4) is 0 Å². The van der Waals surface area contributed by atoms with Gasteiger partial charge in [-0.05, 0) is 55.5 Å². The Hall–Kier alpha value is -3.39. The molecular formula is C26H28N2O5S. The zero-order valence-corrected chi connectivity index (χ0v) is 20.6. The zero-order chi connectivity index (χ0) is 24.1. The van der Waals surface area contributed by atoms with Gasteiger partial charge < -0.3 is 23.8 Å². The van der Waals surface area contributed by atoms with Crippen molar-refractivity contribution in [2.75, 3.05) is 26.9 Å². The van der Waals surface area contributed by atoms with Gasteiger partial charge in [-0.25, -0.2) is 9.79 Å². The fourth-order valence-electron chi connectivity index (χ4n) is 3.89. The first-order chi connectivity index (χ1) is 16.5. The van der Waals surface area contributed by atoms with Crippen molar-refractivity contribution in [3.8, 4) is 17.2 Å². The first-order valence-corrected chi connectivity index (χ1v) is 12.0. The van der Waals surface area contributed by atoms with Crippen LogP contribution in [0.25, 0.3) is 0 Å². The molecule has 0 bridgehead atoms. The van der Waals surface area contributed by atoms with Crippen molar-refractivity contribution >= 4 is 22.9 Å². The van der Waals surface area contributed by atoms with E-state index in [1.807, 2.05) is 72.8 Å². The molecule has 0 saturated heterocycles. The third kappa shape index (κ3) is 4.92. The number of allylic oxidation sites excluding steroid dienone is 1. The van der Waals surface area contributed by atoms with Gasteiger partial charge in [-0.2, -0.15) is 0 Å². The van der Waals surface area contributed by atoms with Crippen molar-refractivity contribution in [2.45, 2.75) is 26.8 Å². The van der Waals surface area contributed by atoms with Crippen molar-refractivity contribution in [3.05, 3.63) is 76.5 Å². The summed E-state index contributed by atoms with van der Waals surface area (Å²) in [5, 5.41) is 2.78. The topological polar surface area (TPSA) is 69.6 Å². The number of aryl methyl sites for hydroxylation is 1. The van der Waals surface area contributed by atoms with E-state index >= 15 is 0 Å². The van der Waals surface area contributed by atoms with Gasteiger partial charge in [-0.15, -0.1) is 0 Å². The van der Waals surface area contributed by atoms with Crippen LogP contribution in [0, 0.1) is 6.92 Å². The molecule has 2 aromatic rings. The molecule has 0 aliphatic carbocycles. The van der Waals surface area contributed by atoms with Gasteiger partial charge in [0.2, 0.25) is 0 Å². The molecule has 2 aliphatic rings. The van der Waals surface area contributed by atoms with Crippen LogP contribution in [0.2, 0.25) is 0 Å². The lowest BCUT2D eigenvalue weighted by atomic mass is 9.94. The number of carbonyl (C=O) groups excluding carboxylic acids is 1. The van der Waals surface area contributed by atoms with Crippen LogP contribution in [0.1, 0.15) is 31.0 Å². The lowest BCUT2D eigenvalue weighted by molar-refractivity contribution is -0.139. The van der Waals surface area contributed by atoms with Crippen LogP contribution in [-0.2, 0) is 9.53 Å². The molecule has 7 nitrogen and oxygen atoms in total. The predicted octanol–water partition coefficient (Wildman–Crippen LogP) is 5.23. The minimum absolute atomic E-state index is 0.296. The molecule has 0 unspecified atom stereocenters. The zero-order valence-electron chi connectivity index (χ0n) is 19.7. The van der Waals surface area contributed by atoms with Gasteiger partial charge in [-0.3, -0.25) is 0 Å². The highest BCUT2D eigenvalue weighted by atomic mass is 32.2. The molecule has 0 spiro atoms.